The Balaban J connectivity index is 1.10. The summed E-state index contributed by atoms with van der Waals surface area (Å²) < 4.78 is 9.18. The van der Waals surface area contributed by atoms with E-state index in [4.69, 9.17) is 19.4 Å². The summed E-state index contributed by atoms with van der Waals surface area (Å²) in [6.45, 7) is 4.68. The second-order valence-electron chi connectivity index (χ2n) is 16.0. The first-order chi connectivity index (χ1) is 29.0. The Kier molecular flexibility index (Phi) is 7.20. The summed E-state index contributed by atoms with van der Waals surface area (Å²) in [7, 11) is 0. The third-order valence-electron chi connectivity index (χ3n) is 12.2. The van der Waals surface area contributed by atoms with Gasteiger partial charge >= 0.3 is 0 Å². The van der Waals surface area contributed by atoms with Crippen LogP contribution in [0.15, 0.2) is 186 Å². The van der Waals surface area contributed by atoms with Gasteiger partial charge in [-0.25, -0.2) is 15.0 Å². The van der Waals surface area contributed by atoms with Crippen LogP contribution in [0.4, 0.5) is 0 Å². The lowest BCUT2D eigenvalue weighted by Gasteiger charge is -2.21. The number of hydrogen-bond donors (Lipinski definition) is 0. The minimum atomic E-state index is -0.162. The summed E-state index contributed by atoms with van der Waals surface area (Å²) in [5.41, 5.74) is 15.0. The zero-order chi connectivity index (χ0) is 39.2. The van der Waals surface area contributed by atoms with E-state index in [0.717, 1.165) is 71.9 Å². The van der Waals surface area contributed by atoms with Crippen LogP contribution < -0.4 is 0 Å². The van der Waals surface area contributed by atoms with Crippen molar-refractivity contribution in [3.8, 4) is 62.1 Å². The van der Waals surface area contributed by atoms with Crippen LogP contribution in [0.5, 0.6) is 0 Å². The molecule has 11 aromatic rings. The molecule has 0 saturated heterocycles. The lowest BCUT2D eigenvalue weighted by Crippen LogP contribution is -2.14. The molecule has 1 aliphatic rings. The molecule has 0 aliphatic heterocycles. The van der Waals surface area contributed by atoms with Gasteiger partial charge in [-0.2, -0.15) is 0 Å². The Labute approximate surface area is 340 Å². The van der Waals surface area contributed by atoms with E-state index in [9.17, 15) is 0 Å². The number of para-hydroxylation sites is 1. The Hall–Kier alpha value is -7.63. The zero-order valence-corrected chi connectivity index (χ0v) is 32.5. The average molecular weight is 757 g/mol. The Morgan fingerprint density at radius 1 is 0.424 bits per heavy atom. The van der Waals surface area contributed by atoms with Crippen LogP contribution in [0.1, 0.15) is 25.0 Å². The molecule has 0 radical (unpaired) electrons. The van der Waals surface area contributed by atoms with Crippen molar-refractivity contribution in [3.63, 3.8) is 0 Å². The van der Waals surface area contributed by atoms with Gasteiger partial charge in [-0.15, -0.1) is 0 Å². The van der Waals surface area contributed by atoms with E-state index >= 15 is 0 Å². The molecule has 278 valence electrons. The van der Waals surface area contributed by atoms with Gasteiger partial charge in [0.15, 0.2) is 23.1 Å². The van der Waals surface area contributed by atoms with Gasteiger partial charge in [0.25, 0.3) is 0 Å². The molecule has 3 aromatic heterocycles. The van der Waals surface area contributed by atoms with Crippen LogP contribution in [0.2, 0.25) is 0 Å². The number of benzene rings is 8. The first-order valence-corrected chi connectivity index (χ1v) is 20.1. The van der Waals surface area contributed by atoms with Gasteiger partial charge < -0.3 is 8.98 Å². The molecule has 0 bridgehead atoms. The quantitative estimate of drug-likeness (QED) is 0.175. The summed E-state index contributed by atoms with van der Waals surface area (Å²) in [6, 6.07) is 64.1. The van der Waals surface area contributed by atoms with Crippen LogP contribution in [-0.4, -0.2) is 19.5 Å². The van der Waals surface area contributed by atoms with Crippen molar-refractivity contribution in [2.24, 2.45) is 0 Å². The van der Waals surface area contributed by atoms with Crippen LogP contribution in [0.3, 0.4) is 0 Å². The largest absolute Gasteiger partial charge is 0.454 e. The van der Waals surface area contributed by atoms with Gasteiger partial charge in [0, 0.05) is 49.3 Å². The fourth-order valence-corrected chi connectivity index (χ4v) is 9.34. The van der Waals surface area contributed by atoms with Gasteiger partial charge in [-0.3, -0.25) is 0 Å². The lowest BCUT2D eigenvalue weighted by atomic mass is 9.82. The van der Waals surface area contributed by atoms with Crippen molar-refractivity contribution in [1.82, 2.24) is 19.5 Å². The maximum Gasteiger partial charge on any atom is 0.164 e. The first-order valence-electron chi connectivity index (χ1n) is 20.1. The minimum Gasteiger partial charge on any atom is -0.454 e. The predicted molar refractivity (Wildman–Crippen MR) is 241 cm³/mol. The highest BCUT2D eigenvalue weighted by Gasteiger charge is 2.36. The molecule has 0 amide bonds. The van der Waals surface area contributed by atoms with Crippen molar-refractivity contribution in [3.05, 3.63) is 193 Å². The highest BCUT2D eigenvalue weighted by molar-refractivity contribution is 6.22. The Morgan fingerprint density at radius 3 is 1.83 bits per heavy atom. The summed E-state index contributed by atoms with van der Waals surface area (Å²) in [5, 5.41) is 4.54. The smallest absolute Gasteiger partial charge is 0.164 e. The second kappa shape index (κ2) is 12.7. The number of nitrogens with zero attached hydrogens (tertiary/aromatic N) is 4. The molecular formula is C54H36N4O. The zero-order valence-electron chi connectivity index (χ0n) is 32.5. The Bertz CT molecular complexity index is 3470. The molecule has 5 nitrogen and oxygen atoms in total. The maximum atomic E-state index is 6.79. The number of rotatable bonds is 5. The minimum absolute atomic E-state index is 0.162. The molecule has 59 heavy (non-hydrogen) atoms. The summed E-state index contributed by atoms with van der Waals surface area (Å²) in [4.78, 5) is 15.4. The number of hydrogen-bond acceptors (Lipinski definition) is 4. The monoisotopic (exact) mass is 756 g/mol. The normalized spacial score (nSPS) is 13.1. The molecule has 0 atom stereocenters. The van der Waals surface area contributed by atoms with Crippen LogP contribution in [0, 0.1) is 0 Å². The van der Waals surface area contributed by atoms with E-state index < -0.39 is 0 Å². The third kappa shape index (κ3) is 5.14. The number of furan rings is 1. The molecule has 0 saturated carbocycles. The molecular weight excluding hydrogens is 721 g/mol. The maximum absolute atomic E-state index is 6.79. The average Bonchev–Trinajstić information content (AvgIpc) is 3.91. The summed E-state index contributed by atoms with van der Waals surface area (Å²) >= 11 is 0. The van der Waals surface area contributed by atoms with Crippen LogP contribution >= 0.6 is 0 Å². The van der Waals surface area contributed by atoms with Crippen molar-refractivity contribution in [2.45, 2.75) is 19.3 Å². The fourth-order valence-electron chi connectivity index (χ4n) is 9.34. The van der Waals surface area contributed by atoms with E-state index in [-0.39, 0.29) is 5.41 Å². The van der Waals surface area contributed by atoms with E-state index in [2.05, 4.69) is 170 Å². The van der Waals surface area contributed by atoms with E-state index in [0.29, 0.717) is 17.5 Å². The molecule has 0 fully saturated rings. The molecule has 0 N–H and O–H groups in total. The number of fused-ring (bicyclic) bond motifs is 10. The van der Waals surface area contributed by atoms with E-state index in [1.807, 2.05) is 30.3 Å². The van der Waals surface area contributed by atoms with Crippen molar-refractivity contribution in [1.29, 1.82) is 0 Å². The first kappa shape index (κ1) is 33.5. The molecule has 0 spiro atoms. The van der Waals surface area contributed by atoms with Gasteiger partial charge in [0.05, 0.1) is 11.0 Å². The molecule has 1 aliphatic carbocycles. The molecule has 5 heteroatoms. The van der Waals surface area contributed by atoms with Crippen molar-refractivity contribution >= 4 is 43.7 Å². The SMILES string of the molecule is CC1(C)c2ccccc2-c2cc3c4ccc5c6ccccc6oc5c4n(-c4cccc(-c5nc(-c6ccccc6)nc(-c6cccc(-c7ccccc7)c6)n5)c4)c3cc21. The number of aromatic nitrogens is 4. The van der Waals surface area contributed by atoms with E-state index in [1.165, 1.54) is 27.6 Å². The predicted octanol–water partition coefficient (Wildman–Crippen LogP) is 13.8. The summed E-state index contributed by atoms with van der Waals surface area (Å²) in [5.74, 6) is 1.85. The van der Waals surface area contributed by atoms with Crippen molar-refractivity contribution < 1.29 is 4.42 Å². The molecule has 8 aromatic carbocycles. The third-order valence-corrected chi connectivity index (χ3v) is 12.2. The van der Waals surface area contributed by atoms with Gasteiger partial charge in [0.2, 0.25) is 0 Å². The van der Waals surface area contributed by atoms with Crippen LogP contribution in [-0.2, 0) is 5.41 Å². The fraction of sp³-hybridized carbons (Fsp3) is 0.0556. The van der Waals surface area contributed by atoms with Crippen molar-refractivity contribution in [2.75, 3.05) is 0 Å². The molecule has 12 rings (SSSR count). The lowest BCUT2D eigenvalue weighted by molar-refractivity contribution is 0.661. The van der Waals surface area contributed by atoms with Gasteiger partial charge in [-0.1, -0.05) is 153 Å². The highest BCUT2D eigenvalue weighted by Crippen LogP contribution is 2.51. The molecule has 0 unspecified atom stereocenters. The van der Waals surface area contributed by atoms with E-state index in [1.54, 1.807) is 0 Å². The van der Waals surface area contributed by atoms with Gasteiger partial charge in [0.1, 0.15) is 5.58 Å². The highest BCUT2D eigenvalue weighted by atomic mass is 16.3. The standard InChI is InChI=1S/C54H36N4O/c1-54(2)45-25-11-9-23-39(45)43-31-44-41-27-28-42-40-24-10-12-26-48(40)59-50(42)49(41)58(47(44)32-46(43)54)38-22-14-21-37(30-38)53-56-51(34-17-7-4-8-18-34)55-52(57-53)36-20-13-19-35(29-36)33-15-5-3-6-16-33/h3-32H,1-2H3. The second-order valence-corrected chi connectivity index (χ2v) is 16.0. The topological polar surface area (TPSA) is 56.7 Å². The van der Waals surface area contributed by atoms with Crippen LogP contribution in [0.25, 0.3) is 106 Å². The Morgan fingerprint density at radius 2 is 1.03 bits per heavy atom. The summed E-state index contributed by atoms with van der Waals surface area (Å²) in [6.07, 6.45) is 0. The van der Waals surface area contributed by atoms with Gasteiger partial charge in [-0.05, 0) is 75.8 Å². The molecule has 3 heterocycles.